The highest BCUT2D eigenvalue weighted by Gasteiger charge is 2.31. The third-order valence-electron chi connectivity index (χ3n) is 3.78. The zero-order chi connectivity index (χ0) is 16.3. The van der Waals surface area contributed by atoms with Gasteiger partial charge in [-0.15, -0.1) is 0 Å². The van der Waals surface area contributed by atoms with Crippen LogP contribution in [0.2, 0.25) is 0 Å². The molecular weight excluding hydrogens is 314 g/mol. The van der Waals surface area contributed by atoms with Crippen molar-refractivity contribution in [2.24, 2.45) is 0 Å². The molecule has 1 unspecified atom stereocenters. The maximum Gasteiger partial charge on any atom is 0.246 e. The van der Waals surface area contributed by atoms with Crippen molar-refractivity contribution in [3.05, 3.63) is 29.8 Å². The van der Waals surface area contributed by atoms with Gasteiger partial charge in [0, 0.05) is 38.8 Å². The van der Waals surface area contributed by atoms with Gasteiger partial charge in [-0.1, -0.05) is 6.92 Å². The summed E-state index contributed by atoms with van der Waals surface area (Å²) in [6, 6.07) is 2.46. The maximum atomic E-state index is 13.7. The Bertz CT molecular complexity index is 617. The van der Waals surface area contributed by atoms with Gasteiger partial charge in [0.15, 0.2) is 0 Å². The summed E-state index contributed by atoms with van der Waals surface area (Å²) in [5.74, 6) is -1.89. The van der Waals surface area contributed by atoms with Gasteiger partial charge in [0.05, 0.1) is 6.10 Å². The van der Waals surface area contributed by atoms with Crippen molar-refractivity contribution in [1.82, 2.24) is 9.21 Å². The Morgan fingerprint density at radius 1 is 1.23 bits per heavy atom. The van der Waals surface area contributed by atoms with E-state index in [1.165, 1.54) is 4.31 Å². The van der Waals surface area contributed by atoms with Crippen LogP contribution in [0.3, 0.4) is 0 Å². The van der Waals surface area contributed by atoms with E-state index in [-0.39, 0.29) is 13.1 Å². The lowest BCUT2D eigenvalue weighted by atomic mass is 10.2. The number of benzene rings is 1. The normalized spacial score (nSPS) is 19.3. The number of sulfonamides is 1. The third kappa shape index (κ3) is 3.81. The summed E-state index contributed by atoms with van der Waals surface area (Å²) in [6.45, 7) is 3.75. The third-order valence-corrected chi connectivity index (χ3v) is 5.72. The average molecular weight is 334 g/mol. The van der Waals surface area contributed by atoms with E-state index >= 15 is 0 Å². The van der Waals surface area contributed by atoms with Gasteiger partial charge in [0.25, 0.3) is 0 Å². The Kier molecular flexibility index (Phi) is 5.49. The summed E-state index contributed by atoms with van der Waals surface area (Å²) in [5.41, 5.74) is 0. The largest absolute Gasteiger partial charge is 0.392 e. The Morgan fingerprint density at radius 2 is 1.86 bits per heavy atom. The highest BCUT2D eigenvalue weighted by molar-refractivity contribution is 7.89. The van der Waals surface area contributed by atoms with Crippen LogP contribution in [0.25, 0.3) is 0 Å². The fraction of sp³-hybridized carbons (Fsp3) is 0.571. The van der Waals surface area contributed by atoms with Crippen LogP contribution in [0, 0.1) is 11.6 Å². The second-order valence-corrected chi connectivity index (χ2v) is 7.25. The highest BCUT2D eigenvalue weighted by Crippen LogP contribution is 2.21. The molecule has 1 N–H and O–H groups in total. The van der Waals surface area contributed by atoms with Crippen LogP contribution < -0.4 is 0 Å². The molecule has 124 valence electrons. The molecule has 1 aromatic carbocycles. The standard InChI is InChI=1S/C14H20F2N2O3S/c1-2-12(19)10-17-5-7-18(8-6-17)22(20,21)14-4-3-11(15)9-13(14)16/h3-4,9,12,19H,2,5-8,10H2,1H3. The molecule has 1 aromatic rings. The first-order chi connectivity index (χ1) is 10.3. The van der Waals surface area contributed by atoms with E-state index in [4.69, 9.17) is 0 Å². The summed E-state index contributed by atoms with van der Waals surface area (Å²) < 4.78 is 52.6. The lowest BCUT2D eigenvalue weighted by Crippen LogP contribution is -2.50. The van der Waals surface area contributed by atoms with Crippen LogP contribution in [-0.2, 0) is 10.0 Å². The van der Waals surface area contributed by atoms with Crippen LogP contribution >= 0.6 is 0 Å². The smallest absolute Gasteiger partial charge is 0.246 e. The SMILES string of the molecule is CCC(O)CN1CCN(S(=O)(=O)c2ccc(F)cc2F)CC1. The summed E-state index contributed by atoms with van der Waals surface area (Å²) in [5, 5.41) is 9.62. The predicted molar refractivity (Wildman–Crippen MR) is 77.9 cm³/mol. The first-order valence-corrected chi connectivity index (χ1v) is 8.64. The molecule has 8 heteroatoms. The summed E-state index contributed by atoms with van der Waals surface area (Å²) in [4.78, 5) is 1.47. The fourth-order valence-electron chi connectivity index (χ4n) is 2.40. The summed E-state index contributed by atoms with van der Waals surface area (Å²) in [6.07, 6.45) is 0.206. The van der Waals surface area contributed by atoms with Gasteiger partial charge in [0.1, 0.15) is 16.5 Å². The number of hydrogen-bond acceptors (Lipinski definition) is 4. The van der Waals surface area contributed by atoms with Gasteiger partial charge in [-0.2, -0.15) is 4.31 Å². The van der Waals surface area contributed by atoms with Gasteiger partial charge in [-0.05, 0) is 18.6 Å². The van der Waals surface area contributed by atoms with Crippen molar-refractivity contribution in [2.45, 2.75) is 24.3 Å². The number of nitrogens with zero attached hydrogens (tertiary/aromatic N) is 2. The second kappa shape index (κ2) is 6.99. The van der Waals surface area contributed by atoms with Crippen molar-refractivity contribution < 1.29 is 22.3 Å². The number of β-amino-alcohol motifs (C(OH)–C–C–N with tert-alkyl or cyclic N) is 1. The van der Waals surface area contributed by atoms with Gasteiger partial charge < -0.3 is 5.11 Å². The number of aliphatic hydroxyl groups excluding tert-OH is 1. The van der Waals surface area contributed by atoms with Crippen LogP contribution in [0.4, 0.5) is 8.78 Å². The molecule has 1 atom stereocenters. The van der Waals surface area contributed by atoms with E-state index in [9.17, 15) is 22.3 Å². The van der Waals surface area contributed by atoms with Crippen LogP contribution in [0.15, 0.2) is 23.1 Å². The van der Waals surface area contributed by atoms with Crippen molar-refractivity contribution >= 4 is 10.0 Å². The van der Waals surface area contributed by atoms with Crippen molar-refractivity contribution in [3.8, 4) is 0 Å². The topological polar surface area (TPSA) is 60.9 Å². The van der Waals surface area contributed by atoms with Crippen LogP contribution in [0.1, 0.15) is 13.3 Å². The number of halogens is 2. The van der Waals surface area contributed by atoms with Crippen molar-refractivity contribution in [3.63, 3.8) is 0 Å². The lowest BCUT2D eigenvalue weighted by molar-refractivity contribution is 0.0896. The quantitative estimate of drug-likeness (QED) is 0.874. The Hall–Kier alpha value is -1.09. The molecule has 0 bridgehead atoms. The van der Waals surface area contributed by atoms with E-state index in [1.807, 2.05) is 11.8 Å². The monoisotopic (exact) mass is 334 g/mol. The number of rotatable bonds is 5. The molecule has 22 heavy (non-hydrogen) atoms. The molecule has 1 heterocycles. The van der Waals surface area contributed by atoms with E-state index in [0.29, 0.717) is 32.1 Å². The zero-order valence-electron chi connectivity index (χ0n) is 12.4. The summed E-state index contributed by atoms with van der Waals surface area (Å²) >= 11 is 0. The molecule has 0 radical (unpaired) electrons. The van der Waals surface area contributed by atoms with Gasteiger partial charge >= 0.3 is 0 Å². The molecule has 2 rings (SSSR count). The van der Waals surface area contributed by atoms with E-state index < -0.39 is 32.7 Å². The van der Waals surface area contributed by atoms with Gasteiger partial charge in [-0.3, -0.25) is 4.90 Å². The van der Waals surface area contributed by atoms with Crippen molar-refractivity contribution in [1.29, 1.82) is 0 Å². The second-order valence-electron chi connectivity index (χ2n) is 5.34. The van der Waals surface area contributed by atoms with Gasteiger partial charge in [-0.25, -0.2) is 17.2 Å². The molecule has 1 aliphatic rings. The van der Waals surface area contributed by atoms with E-state index in [0.717, 1.165) is 12.1 Å². The Balaban J connectivity index is 2.06. The lowest BCUT2D eigenvalue weighted by Gasteiger charge is -2.34. The Morgan fingerprint density at radius 3 is 2.41 bits per heavy atom. The minimum Gasteiger partial charge on any atom is -0.392 e. The molecule has 0 aromatic heterocycles. The molecule has 1 aliphatic heterocycles. The average Bonchev–Trinajstić information content (AvgIpc) is 2.47. The first-order valence-electron chi connectivity index (χ1n) is 7.20. The number of piperazine rings is 1. The minimum atomic E-state index is -3.96. The first kappa shape index (κ1) is 17.3. The molecule has 5 nitrogen and oxygen atoms in total. The number of aliphatic hydroxyl groups is 1. The predicted octanol–water partition coefficient (Wildman–Crippen LogP) is 1.04. The fourth-order valence-corrected chi connectivity index (χ4v) is 3.87. The molecule has 0 saturated carbocycles. The Labute approximate surface area is 129 Å². The molecule has 0 aliphatic carbocycles. The van der Waals surface area contributed by atoms with Crippen molar-refractivity contribution in [2.75, 3.05) is 32.7 Å². The number of hydrogen-bond donors (Lipinski definition) is 1. The van der Waals surface area contributed by atoms with Crippen LogP contribution in [-0.4, -0.2) is 61.6 Å². The maximum absolute atomic E-state index is 13.7. The molecule has 1 fully saturated rings. The molecular formula is C14H20F2N2O3S. The molecule has 1 saturated heterocycles. The van der Waals surface area contributed by atoms with E-state index in [1.54, 1.807) is 0 Å². The van der Waals surface area contributed by atoms with Crippen LogP contribution in [0.5, 0.6) is 0 Å². The molecule has 0 spiro atoms. The van der Waals surface area contributed by atoms with Gasteiger partial charge in [0.2, 0.25) is 10.0 Å². The zero-order valence-corrected chi connectivity index (χ0v) is 13.2. The highest BCUT2D eigenvalue weighted by atomic mass is 32.2. The summed E-state index contributed by atoms with van der Waals surface area (Å²) in [7, 11) is -3.96. The minimum absolute atomic E-state index is 0.218. The molecule has 0 amide bonds. The van der Waals surface area contributed by atoms with E-state index in [2.05, 4.69) is 0 Å².